The average molecular weight is 333 g/mol. The number of nitrogens with zero attached hydrogens (tertiary/aromatic N) is 4. The molecule has 3 rings (SSSR count). The standard InChI is InChI=1S/C14H15N5O3S/c1-8-6-7-23(21,22)11-5-4-10(9(2)12(8)11)13(20)15-14-16-17-18-19(14)3/h4-5H,1,6-7H2,2-3H3,(H,15,16,18,20). The summed E-state index contributed by atoms with van der Waals surface area (Å²) in [6.07, 6.45) is 0.369. The number of sulfone groups is 1. The minimum atomic E-state index is -3.33. The van der Waals surface area contributed by atoms with Crippen molar-refractivity contribution in [3.05, 3.63) is 35.4 Å². The Labute approximate surface area is 133 Å². The highest BCUT2D eigenvalue weighted by molar-refractivity contribution is 7.91. The van der Waals surface area contributed by atoms with Crippen LogP contribution in [0.4, 0.5) is 5.95 Å². The number of tetrazole rings is 1. The second-order valence-electron chi connectivity index (χ2n) is 5.36. The van der Waals surface area contributed by atoms with Gasteiger partial charge in [0, 0.05) is 12.6 Å². The van der Waals surface area contributed by atoms with Gasteiger partial charge in [-0.3, -0.25) is 10.1 Å². The Morgan fingerprint density at radius 1 is 1.39 bits per heavy atom. The normalized spacial score (nSPS) is 16.0. The Balaban J connectivity index is 2.06. The average Bonchev–Trinajstić information content (AvgIpc) is 2.88. The van der Waals surface area contributed by atoms with E-state index in [4.69, 9.17) is 0 Å². The molecule has 0 aliphatic carbocycles. The molecule has 1 aliphatic heterocycles. The molecular weight excluding hydrogens is 318 g/mol. The molecule has 1 aromatic heterocycles. The lowest BCUT2D eigenvalue weighted by molar-refractivity contribution is 0.102. The maximum Gasteiger partial charge on any atom is 0.258 e. The van der Waals surface area contributed by atoms with Gasteiger partial charge in [0.05, 0.1) is 10.6 Å². The fourth-order valence-corrected chi connectivity index (χ4v) is 4.25. The largest absolute Gasteiger partial charge is 0.289 e. The van der Waals surface area contributed by atoms with Crippen LogP contribution in [0.5, 0.6) is 0 Å². The minimum Gasteiger partial charge on any atom is -0.289 e. The van der Waals surface area contributed by atoms with Crippen LogP contribution in [0.2, 0.25) is 0 Å². The van der Waals surface area contributed by atoms with Crippen LogP contribution in [-0.4, -0.2) is 40.3 Å². The number of nitrogens with one attached hydrogen (secondary N) is 1. The topological polar surface area (TPSA) is 107 Å². The van der Waals surface area contributed by atoms with Crippen LogP contribution in [0.3, 0.4) is 0 Å². The molecule has 0 saturated carbocycles. The lowest BCUT2D eigenvalue weighted by Crippen LogP contribution is -2.21. The smallest absolute Gasteiger partial charge is 0.258 e. The first-order chi connectivity index (χ1) is 10.8. The van der Waals surface area contributed by atoms with Gasteiger partial charge in [-0.05, 0) is 52.6 Å². The molecule has 2 heterocycles. The maximum atomic E-state index is 12.4. The highest BCUT2D eigenvalue weighted by Crippen LogP contribution is 2.35. The zero-order chi connectivity index (χ0) is 16.8. The molecule has 0 radical (unpaired) electrons. The van der Waals surface area contributed by atoms with Gasteiger partial charge in [0.2, 0.25) is 5.95 Å². The Hall–Kier alpha value is -2.55. The van der Waals surface area contributed by atoms with E-state index >= 15 is 0 Å². The molecule has 0 fully saturated rings. The number of hydrogen-bond donors (Lipinski definition) is 1. The summed E-state index contributed by atoms with van der Waals surface area (Å²) >= 11 is 0. The molecule has 0 spiro atoms. The summed E-state index contributed by atoms with van der Waals surface area (Å²) in [7, 11) is -1.72. The van der Waals surface area contributed by atoms with Gasteiger partial charge < -0.3 is 0 Å². The van der Waals surface area contributed by atoms with Crippen LogP contribution in [0, 0.1) is 6.92 Å². The SMILES string of the molecule is C=C1CCS(=O)(=O)c2ccc(C(=O)Nc3nnnn3C)c(C)c21. The van der Waals surface area contributed by atoms with Crippen molar-refractivity contribution in [1.82, 2.24) is 20.2 Å². The van der Waals surface area contributed by atoms with Crippen LogP contribution in [0.1, 0.15) is 27.9 Å². The Kier molecular flexibility index (Phi) is 3.52. The number of benzene rings is 1. The maximum absolute atomic E-state index is 12.4. The molecule has 120 valence electrons. The molecular formula is C14H15N5O3S. The lowest BCUT2D eigenvalue weighted by atomic mass is 9.95. The van der Waals surface area contributed by atoms with Crippen molar-refractivity contribution in [1.29, 1.82) is 0 Å². The summed E-state index contributed by atoms with van der Waals surface area (Å²) in [5, 5.41) is 13.4. The van der Waals surface area contributed by atoms with Gasteiger partial charge in [-0.15, -0.1) is 0 Å². The van der Waals surface area contributed by atoms with E-state index in [2.05, 4.69) is 27.4 Å². The van der Waals surface area contributed by atoms with Gasteiger partial charge in [0.15, 0.2) is 9.84 Å². The van der Waals surface area contributed by atoms with Gasteiger partial charge in [-0.25, -0.2) is 13.1 Å². The number of amides is 1. The molecule has 8 nitrogen and oxygen atoms in total. The molecule has 1 N–H and O–H groups in total. The summed E-state index contributed by atoms with van der Waals surface area (Å²) < 4.78 is 25.7. The fraction of sp³-hybridized carbons (Fsp3) is 0.286. The zero-order valence-corrected chi connectivity index (χ0v) is 13.5. The number of aromatic nitrogens is 4. The molecule has 2 aromatic rings. The van der Waals surface area contributed by atoms with Crippen molar-refractivity contribution in [3.8, 4) is 0 Å². The minimum absolute atomic E-state index is 0.0500. The molecule has 0 saturated heterocycles. The molecule has 1 aliphatic rings. The Bertz CT molecular complexity index is 930. The van der Waals surface area contributed by atoms with E-state index in [1.807, 2.05) is 0 Å². The molecule has 0 bridgehead atoms. The van der Waals surface area contributed by atoms with Gasteiger partial charge >= 0.3 is 0 Å². The van der Waals surface area contributed by atoms with Gasteiger partial charge in [0.25, 0.3) is 5.91 Å². The Morgan fingerprint density at radius 2 is 2.13 bits per heavy atom. The first-order valence-corrected chi connectivity index (χ1v) is 8.54. The van der Waals surface area contributed by atoms with Crippen LogP contribution in [0.25, 0.3) is 5.57 Å². The summed E-state index contributed by atoms with van der Waals surface area (Å²) in [4.78, 5) is 12.7. The number of allylic oxidation sites excluding steroid dienone is 1. The number of carbonyl (C=O) groups excluding carboxylic acids is 1. The molecule has 9 heteroatoms. The summed E-state index contributed by atoms with van der Waals surface area (Å²) in [5.74, 6) is -0.147. The highest BCUT2D eigenvalue weighted by Gasteiger charge is 2.29. The van der Waals surface area contributed by atoms with E-state index in [-0.39, 0.29) is 16.6 Å². The van der Waals surface area contributed by atoms with E-state index in [0.717, 1.165) is 5.57 Å². The second kappa shape index (κ2) is 5.27. The molecule has 0 unspecified atom stereocenters. The number of anilines is 1. The predicted molar refractivity (Wildman–Crippen MR) is 83.6 cm³/mol. The van der Waals surface area contributed by atoms with Gasteiger partial charge in [-0.1, -0.05) is 11.7 Å². The van der Waals surface area contributed by atoms with Crippen molar-refractivity contribution in [3.63, 3.8) is 0 Å². The number of hydrogen-bond acceptors (Lipinski definition) is 6. The van der Waals surface area contributed by atoms with Crippen LogP contribution < -0.4 is 5.32 Å². The third kappa shape index (κ3) is 2.52. The first kappa shape index (κ1) is 15.3. The number of rotatable bonds is 2. The second-order valence-corrected chi connectivity index (χ2v) is 7.44. The molecule has 1 amide bonds. The first-order valence-electron chi connectivity index (χ1n) is 6.89. The quantitative estimate of drug-likeness (QED) is 0.877. The van der Waals surface area contributed by atoms with E-state index in [1.165, 1.54) is 16.8 Å². The lowest BCUT2D eigenvalue weighted by Gasteiger charge is -2.22. The fourth-order valence-electron chi connectivity index (χ4n) is 2.63. The van der Waals surface area contributed by atoms with Crippen molar-refractivity contribution in [2.24, 2.45) is 7.05 Å². The monoisotopic (exact) mass is 333 g/mol. The van der Waals surface area contributed by atoms with E-state index in [9.17, 15) is 13.2 Å². The summed E-state index contributed by atoms with van der Waals surface area (Å²) in [5.41, 5.74) is 2.22. The van der Waals surface area contributed by atoms with Crippen LogP contribution in [0.15, 0.2) is 23.6 Å². The third-order valence-corrected chi connectivity index (χ3v) is 5.63. The van der Waals surface area contributed by atoms with E-state index in [0.29, 0.717) is 23.1 Å². The third-order valence-electron chi connectivity index (χ3n) is 3.88. The van der Waals surface area contributed by atoms with Crippen molar-refractivity contribution in [2.45, 2.75) is 18.2 Å². The number of fused-ring (bicyclic) bond motifs is 1. The van der Waals surface area contributed by atoms with Crippen molar-refractivity contribution >= 4 is 27.3 Å². The summed E-state index contributed by atoms with van der Waals surface area (Å²) in [6, 6.07) is 2.97. The van der Waals surface area contributed by atoms with Crippen LogP contribution >= 0.6 is 0 Å². The number of aryl methyl sites for hydroxylation is 1. The number of carbonyl (C=O) groups is 1. The van der Waals surface area contributed by atoms with E-state index < -0.39 is 15.7 Å². The van der Waals surface area contributed by atoms with Crippen LogP contribution in [-0.2, 0) is 16.9 Å². The molecule has 0 atom stereocenters. The van der Waals surface area contributed by atoms with Gasteiger partial charge in [0.1, 0.15) is 0 Å². The van der Waals surface area contributed by atoms with Gasteiger partial charge in [-0.2, -0.15) is 0 Å². The Morgan fingerprint density at radius 3 is 2.78 bits per heavy atom. The highest BCUT2D eigenvalue weighted by atomic mass is 32.2. The van der Waals surface area contributed by atoms with Crippen molar-refractivity contribution in [2.75, 3.05) is 11.1 Å². The van der Waals surface area contributed by atoms with Crippen molar-refractivity contribution < 1.29 is 13.2 Å². The molecule has 23 heavy (non-hydrogen) atoms. The van der Waals surface area contributed by atoms with E-state index in [1.54, 1.807) is 14.0 Å². The predicted octanol–water partition coefficient (Wildman–Crippen LogP) is 0.961. The molecule has 1 aromatic carbocycles. The zero-order valence-electron chi connectivity index (χ0n) is 12.7. The summed E-state index contributed by atoms with van der Waals surface area (Å²) in [6.45, 7) is 5.66.